The summed E-state index contributed by atoms with van der Waals surface area (Å²) in [6.45, 7) is 0. The first-order chi connectivity index (χ1) is 8.79. The van der Waals surface area contributed by atoms with Crippen LogP contribution in [0.15, 0.2) is 34.7 Å². The van der Waals surface area contributed by atoms with Gasteiger partial charge in [-0.2, -0.15) is 0 Å². The van der Waals surface area contributed by atoms with E-state index in [4.69, 9.17) is 4.42 Å². The Hall–Kier alpha value is -2.17. The van der Waals surface area contributed by atoms with Crippen LogP contribution in [0.4, 0.5) is 0 Å². The molecular formula is C13H14N2O3. The van der Waals surface area contributed by atoms with Crippen molar-refractivity contribution >= 4 is 5.97 Å². The van der Waals surface area contributed by atoms with Gasteiger partial charge in [0.2, 0.25) is 11.8 Å². The number of hydrogen-bond acceptors (Lipinski definition) is 5. The highest BCUT2D eigenvalue weighted by atomic mass is 16.5. The zero-order chi connectivity index (χ0) is 12.8. The second-order valence-corrected chi connectivity index (χ2v) is 3.80. The molecule has 0 bridgehead atoms. The van der Waals surface area contributed by atoms with Crippen molar-refractivity contribution in [1.29, 1.82) is 0 Å². The van der Waals surface area contributed by atoms with E-state index in [1.807, 2.05) is 30.3 Å². The molecule has 1 heterocycles. The van der Waals surface area contributed by atoms with Crippen molar-refractivity contribution < 1.29 is 13.9 Å². The fourth-order valence-corrected chi connectivity index (χ4v) is 1.54. The molecule has 0 spiro atoms. The summed E-state index contributed by atoms with van der Waals surface area (Å²) in [4.78, 5) is 10.9. The molecule has 18 heavy (non-hydrogen) atoms. The van der Waals surface area contributed by atoms with Gasteiger partial charge >= 0.3 is 5.97 Å². The molecule has 2 aromatic rings. The Bertz CT molecular complexity index is 508. The molecule has 1 aromatic carbocycles. The Morgan fingerprint density at radius 3 is 2.78 bits per heavy atom. The SMILES string of the molecule is COC(=O)CCCc1nnc(-c2ccccc2)o1. The van der Waals surface area contributed by atoms with Crippen molar-refractivity contribution in [1.82, 2.24) is 10.2 Å². The third kappa shape index (κ3) is 3.16. The van der Waals surface area contributed by atoms with Crippen LogP contribution >= 0.6 is 0 Å². The highest BCUT2D eigenvalue weighted by Crippen LogP contribution is 2.17. The fraction of sp³-hybridized carbons (Fsp3) is 0.308. The quantitative estimate of drug-likeness (QED) is 0.757. The van der Waals surface area contributed by atoms with Gasteiger partial charge < -0.3 is 9.15 Å². The highest BCUT2D eigenvalue weighted by Gasteiger charge is 2.08. The van der Waals surface area contributed by atoms with Gasteiger partial charge in [0.05, 0.1) is 7.11 Å². The molecule has 5 nitrogen and oxygen atoms in total. The molecule has 2 rings (SSSR count). The molecule has 1 aromatic heterocycles. The molecule has 0 fully saturated rings. The molecular weight excluding hydrogens is 232 g/mol. The monoisotopic (exact) mass is 246 g/mol. The largest absolute Gasteiger partial charge is 0.469 e. The van der Waals surface area contributed by atoms with Gasteiger partial charge in [0.25, 0.3) is 0 Å². The summed E-state index contributed by atoms with van der Waals surface area (Å²) < 4.78 is 10.1. The predicted molar refractivity (Wildman–Crippen MR) is 64.7 cm³/mol. The molecule has 0 aliphatic heterocycles. The number of esters is 1. The van der Waals surface area contributed by atoms with Crippen molar-refractivity contribution in [2.24, 2.45) is 0 Å². The van der Waals surface area contributed by atoms with E-state index in [2.05, 4.69) is 14.9 Å². The van der Waals surface area contributed by atoms with Gasteiger partial charge in [-0.25, -0.2) is 0 Å². The van der Waals surface area contributed by atoms with Crippen LogP contribution in [0.25, 0.3) is 11.5 Å². The molecule has 0 amide bonds. The van der Waals surface area contributed by atoms with Gasteiger partial charge in [0.15, 0.2) is 0 Å². The van der Waals surface area contributed by atoms with Crippen molar-refractivity contribution in [3.05, 3.63) is 36.2 Å². The first-order valence-electron chi connectivity index (χ1n) is 5.74. The number of carbonyl (C=O) groups excluding carboxylic acids is 1. The van der Waals surface area contributed by atoms with Gasteiger partial charge in [0, 0.05) is 18.4 Å². The van der Waals surface area contributed by atoms with E-state index in [0.717, 1.165) is 5.56 Å². The minimum Gasteiger partial charge on any atom is -0.469 e. The van der Waals surface area contributed by atoms with Crippen LogP contribution in [-0.2, 0) is 16.0 Å². The van der Waals surface area contributed by atoms with Crippen molar-refractivity contribution in [2.75, 3.05) is 7.11 Å². The fourth-order valence-electron chi connectivity index (χ4n) is 1.54. The van der Waals surface area contributed by atoms with Crippen LogP contribution in [0, 0.1) is 0 Å². The van der Waals surface area contributed by atoms with E-state index in [1.165, 1.54) is 7.11 Å². The molecule has 0 radical (unpaired) electrons. The zero-order valence-corrected chi connectivity index (χ0v) is 10.1. The molecule has 5 heteroatoms. The maximum absolute atomic E-state index is 10.9. The van der Waals surface area contributed by atoms with Crippen LogP contribution in [-0.4, -0.2) is 23.3 Å². The van der Waals surface area contributed by atoms with Gasteiger partial charge in [-0.05, 0) is 18.6 Å². The molecule has 0 saturated heterocycles. The van der Waals surface area contributed by atoms with E-state index in [0.29, 0.717) is 31.0 Å². The lowest BCUT2D eigenvalue weighted by atomic mass is 10.2. The highest BCUT2D eigenvalue weighted by molar-refractivity contribution is 5.69. The van der Waals surface area contributed by atoms with Crippen molar-refractivity contribution in [3.63, 3.8) is 0 Å². The van der Waals surface area contributed by atoms with Gasteiger partial charge in [-0.3, -0.25) is 4.79 Å². The third-order valence-electron chi connectivity index (χ3n) is 2.49. The number of nitrogens with zero attached hydrogens (tertiary/aromatic N) is 2. The Kier molecular flexibility index (Phi) is 4.06. The summed E-state index contributed by atoms with van der Waals surface area (Å²) in [7, 11) is 1.38. The molecule has 0 saturated carbocycles. The summed E-state index contributed by atoms with van der Waals surface area (Å²) in [5.74, 6) is 0.819. The second kappa shape index (κ2) is 5.95. The van der Waals surface area contributed by atoms with E-state index < -0.39 is 0 Å². The number of carbonyl (C=O) groups is 1. The van der Waals surface area contributed by atoms with Crippen LogP contribution in [0.1, 0.15) is 18.7 Å². The number of ether oxygens (including phenoxy) is 1. The van der Waals surface area contributed by atoms with Crippen LogP contribution in [0.3, 0.4) is 0 Å². The summed E-state index contributed by atoms with van der Waals surface area (Å²) in [5.41, 5.74) is 0.893. The summed E-state index contributed by atoms with van der Waals surface area (Å²) in [5, 5.41) is 7.92. The number of benzene rings is 1. The minimum absolute atomic E-state index is 0.224. The molecule has 0 aliphatic carbocycles. The average Bonchev–Trinajstić information content (AvgIpc) is 2.88. The first-order valence-corrected chi connectivity index (χ1v) is 5.74. The van der Waals surface area contributed by atoms with E-state index in [-0.39, 0.29) is 5.97 Å². The number of rotatable bonds is 5. The normalized spacial score (nSPS) is 10.3. The van der Waals surface area contributed by atoms with Gasteiger partial charge in [-0.15, -0.1) is 10.2 Å². The second-order valence-electron chi connectivity index (χ2n) is 3.80. The van der Waals surface area contributed by atoms with Crippen molar-refractivity contribution in [3.8, 4) is 11.5 Å². The van der Waals surface area contributed by atoms with Crippen LogP contribution in [0.5, 0.6) is 0 Å². The molecule has 0 unspecified atom stereocenters. The lowest BCUT2D eigenvalue weighted by molar-refractivity contribution is -0.140. The molecule has 0 N–H and O–H groups in total. The van der Waals surface area contributed by atoms with Crippen LogP contribution in [0.2, 0.25) is 0 Å². The number of methoxy groups -OCH3 is 1. The topological polar surface area (TPSA) is 65.2 Å². The first kappa shape index (κ1) is 12.3. The van der Waals surface area contributed by atoms with E-state index in [1.54, 1.807) is 0 Å². The van der Waals surface area contributed by atoms with E-state index in [9.17, 15) is 4.79 Å². The predicted octanol–water partition coefficient (Wildman–Crippen LogP) is 2.23. The smallest absolute Gasteiger partial charge is 0.305 e. The summed E-state index contributed by atoms with van der Waals surface area (Å²) in [6, 6.07) is 9.57. The third-order valence-corrected chi connectivity index (χ3v) is 2.49. The molecule has 0 atom stereocenters. The summed E-state index contributed by atoms with van der Waals surface area (Å²) >= 11 is 0. The Morgan fingerprint density at radius 1 is 1.28 bits per heavy atom. The Balaban J connectivity index is 1.93. The number of aromatic nitrogens is 2. The maximum Gasteiger partial charge on any atom is 0.305 e. The lowest BCUT2D eigenvalue weighted by Crippen LogP contribution is -2.00. The van der Waals surface area contributed by atoms with E-state index >= 15 is 0 Å². The van der Waals surface area contributed by atoms with Crippen LogP contribution < -0.4 is 0 Å². The Labute approximate surface area is 105 Å². The Morgan fingerprint density at radius 2 is 2.06 bits per heavy atom. The standard InChI is InChI=1S/C13H14N2O3/c1-17-12(16)9-5-8-11-14-15-13(18-11)10-6-3-2-4-7-10/h2-4,6-7H,5,8-9H2,1H3. The lowest BCUT2D eigenvalue weighted by Gasteiger charge is -1.96. The molecule has 0 aliphatic rings. The zero-order valence-electron chi connectivity index (χ0n) is 10.1. The van der Waals surface area contributed by atoms with Crippen molar-refractivity contribution in [2.45, 2.75) is 19.3 Å². The number of aryl methyl sites for hydroxylation is 1. The van der Waals surface area contributed by atoms with Gasteiger partial charge in [0.1, 0.15) is 0 Å². The van der Waals surface area contributed by atoms with Gasteiger partial charge in [-0.1, -0.05) is 18.2 Å². The minimum atomic E-state index is -0.224. The number of hydrogen-bond donors (Lipinski definition) is 0. The maximum atomic E-state index is 10.9. The summed E-state index contributed by atoms with van der Waals surface area (Å²) in [6.07, 6.45) is 1.58. The molecule has 94 valence electrons. The average molecular weight is 246 g/mol.